The summed E-state index contributed by atoms with van der Waals surface area (Å²) in [6.07, 6.45) is 7.40. The van der Waals surface area contributed by atoms with Crippen LogP contribution in [-0.2, 0) is 29.1 Å². The zero-order chi connectivity index (χ0) is 40.2. The van der Waals surface area contributed by atoms with Crippen LogP contribution in [0.2, 0.25) is 0 Å². The van der Waals surface area contributed by atoms with Gasteiger partial charge in [-0.1, -0.05) is 45.8 Å². The molecule has 5 heterocycles. The number of nitrogens with zero attached hydrogens (tertiary/aromatic N) is 3. The second-order valence-corrected chi connectivity index (χ2v) is 21.9. The Morgan fingerprint density at radius 2 is 1.86 bits per heavy atom. The molecule has 0 unspecified atom stereocenters. The van der Waals surface area contributed by atoms with Gasteiger partial charge in [0.1, 0.15) is 28.3 Å². The predicted molar refractivity (Wildman–Crippen MR) is 212 cm³/mol. The maximum absolute atomic E-state index is 14.7. The van der Waals surface area contributed by atoms with Crippen molar-refractivity contribution < 1.29 is 37.1 Å². The monoisotopic (exact) mass is 828 g/mol. The molecule has 3 N–H and O–H groups in total. The maximum atomic E-state index is 14.7. The highest BCUT2D eigenvalue weighted by Crippen LogP contribution is 2.48. The molecule has 2 saturated carbocycles. The first kappa shape index (κ1) is 40.4. The van der Waals surface area contributed by atoms with E-state index >= 15 is 0 Å². The number of aryl methyl sites for hydroxylation is 1. The first-order valence-corrected chi connectivity index (χ1v) is 22.7. The number of aromatic nitrogens is 1. The molecular weight excluding hydrogens is 777 g/mol. The summed E-state index contributed by atoms with van der Waals surface area (Å²) in [5.74, 6) is -3.33. The molecule has 2 aliphatic carbocycles. The van der Waals surface area contributed by atoms with E-state index in [0.29, 0.717) is 37.8 Å². The van der Waals surface area contributed by atoms with E-state index in [0.717, 1.165) is 27.6 Å². The molecule has 0 radical (unpaired) electrons. The molecule has 2 aromatic heterocycles. The molecule has 5 aliphatic rings. The summed E-state index contributed by atoms with van der Waals surface area (Å²) in [7, 11) is -4.00. The van der Waals surface area contributed by atoms with Crippen LogP contribution in [0, 0.1) is 30.1 Å². The smallest absolute Gasteiger partial charge is 0.407 e. The molecule has 5 amide bonds. The molecule has 0 bridgehead atoms. The number of allylic oxidation sites excluding steroid dienone is 1. The zero-order valence-electron chi connectivity index (χ0n) is 32.6. The van der Waals surface area contributed by atoms with Crippen LogP contribution in [-0.4, -0.2) is 102 Å². The van der Waals surface area contributed by atoms with Crippen molar-refractivity contribution in [2.45, 2.75) is 108 Å². The molecule has 17 heteroatoms. The lowest BCUT2D eigenvalue weighted by atomic mass is 9.93. The highest BCUT2D eigenvalue weighted by molar-refractivity contribution is 7.91. The Labute approximate surface area is 336 Å². The molecule has 6 atom stereocenters. The number of thiazole rings is 1. The zero-order valence-corrected chi connectivity index (χ0v) is 35.0. The van der Waals surface area contributed by atoms with Crippen molar-refractivity contribution >= 4 is 62.4 Å². The van der Waals surface area contributed by atoms with Crippen molar-refractivity contribution in [3.05, 3.63) is 40.2 Å². The van der Waals surface area contributed by atoms with Crippen LogP contribution in [0.25, 0.3) is 9.88 Å². The van der Waals surface area contributed by atoms with Crippen LogP contribution in [0.5, 0.6) is 0 Å². The second kappa shape index (κ2) is 15.2. The van der Waals surface area contributed by atoms with Crippen LogP contribution in [0.1, 0.15) is 94.4 Å². The van der Waals surface area contributed by atoms with Gasteiger partial charge in [0.15, 0.2) is 0 Å². The number of fused-ring (bicyclic) bond motifs is 4. The summed E-state index contributed by atoms with van der Waals surface area (Å²) in [6, 6.07) is 1.91. The molecule has 0 aromatic carbocycles. The van der Waals surface area contributed by atoms with Gasteiger partial charge in [0.25, 0.3) is 11.8 Å². The number of rotatable bonds is 7. The number of alkyl carbamates (subject to hydrolysis) is 1. The van der Waals surface area contributed by atoms with Crippen LogP contribution in [0.3, 0.4) is 0 Å². The van der Waals surface area contributed by atoms with Gasteiger partial charge in [-0.2, -0.15) is 0 Å². The summed E-state index contributed by atoms with van der Waals surface area (Å²) in [5, 5.41) is 8.21. The minimum atomic E-state index is -4.00. The van der Waals surface area contributed by atoms with E-state index in [1.165, 1.54) is 16.2 Å². The van der Waals surface area contributed by atoms with Crippen molar-refractivity contribution in [3.8, 4) is 9.88 Å². The lowest BCUT2D eigenvalue weighted by Gasteiger charge is -2.33. The average molecular weight is 829 g/mol. The average Bonchev–Trinajstić information content (AvgIpc) is 3.66. The third kappa shape index (κ3) is 8.26. The molecule has 2 saturated heterocycles. The van der Waals surface area contributed by atoms with Gasteiger partial charge in [-0.3, -0.25) is 23.9 Å². The van der Waals surface area contributed by atoms with E-state index < -0.39 is 68.0 Å². The van der Waals surface area contributed by atoms with Gasteiger partial charge < -0.3 is 25.2 Å². The Morgan fingerprint density at radius 3 is 2.55 bits per heavy atom. The standard InChI is InChI=1S/C39H52N6O8S3/c1-23-13-14-29(55-23)32-40-28(21-54-32)33(47)44-18-24-19-45-30(26(24)20-44)31(46)42-39(35(49)43-56(51,52)38(5)15-16-38)17-25(39)11-9-7-6-8-10-12-27(34(45)48)41-36(50)53-22-37(2,3)4/h9,11,13-14,21,24-27,30H,6-8,10,12,15-20,22H2,1-5H3,(H,41,50)(H,42,46)(H,43,49)/t24-,25+,26-,27-,30-,39+/m0/s1. The number of thiophene rings is 1. The van der Waals surface area contributed by atoms with Gasteiger partial charge in [-0.15, -0.1) is 22.7 Å². The number of sulfonamides is 1. The summed E-state index contributed by atoms with van der Waals surface area (Å²) in [5.41, 5.74) is -1.52. The van der Waals surface area contributed by atoms with E-state index in [1.54, 1.807) is 28.5 Å². The van der Waals surface area contributed by atoms with E-state index in [1.807, 2.05) is 52.0 Å². The van der Waals surface area contributed by atoms with E-state index in [2.05, 4.69) is 20.3 Å². The molecular formula is C39H52N6O8S3. The van der Waals surface area contributed by atoms with Crippen LogP contribution < -0.4 is 15.4 Å². The van der Waals surface area contributed by atoms with Gasteiger partial charge in [0.2, 0.25) is 21.8 Å². The summed E-state index contributed by atoms with van der Waals surface area (Å²) in [6.45, 7) is 10.1. The second-order valence-electron chi connectivity index (χ2n) is 17.6. The molecule has 7 rings (SSSR count). The fraction of sp³-hybridized carbons (Fsp3) is 0.641. The molecule has 0 spiro atoms. The van der Waals surface area contributed by atoms with Gasteiger partial charge >= 0.3 is 6.09 Å². The normalized spacial score (nSPS) is 28.9. The molecule has 304 valence electrons. The SMILES string of the molecule is Cc1ccc(-c2nc(C(=O)N3C[C@H]4CN5C(=O)[C@@H](NC(=O)OCC(C)(C)C)CCCCCC=C[C@@H]6C[C@@]6(C(=O)NS(=O)(=O)C6(C)CC6)NC(=O)[C@@H]5[C@H]4C3)cs2)s1. The third-order valence-corrected chi connectivity index (χ3v) is 15.9. The number of carbonyl (C=O) groups excluding carboxylic acids is 5. The number of hydrogen-bond acceptors (Lipinski definition) is 11. The lowest BCUT2D eigenvalue weighted by molar-refractivity contribution is -0.142. The lowest BCUT2D eigenvalue weighted by Crippen LogP contribution is -2.60. The summed E-state index contributed by atoms with van der Waals surface area (Å²) < 4.78 is 33.1. The van der Waals surface area contributed by atoms with Crippen molar-refractivity contribution in [3.63, 3.8) is 0 Å². The summed E-state index contributed by atoms with van der Waals surface area (Å²) >= 11 is 2.99. The largest absolute Gasteiger partial charge is 0.449 e. The van der Waals surface area contributed by atoms with Gasteiger partial charge in [-0.25, -0.2) is 18.2 Å². The van der Waals surface area contributed by atoms with Crippen LogP contribution >= 0.6 is 22.7 Å². The van der Waals surface area contributed by atoms with Crippen LogP contribution in [0.4, 0.5) is 4.79 Å². The maximum Gasteiger partial charge on any atom is 0.407 e. The van der Waals surface area contributed by atoms with Crippen molar-refractivity contribution in [2.75, 3.05) is 26.2 Å². The van der Waals surface area contributed by atoms with Gasteiger partial charge in [-0.05, 0) is 69.9 Å². The number of nitrogens with one attached hydrogen (secondary N) is 3. The number of hydrogen-bond donors (Lipinski definition) is 3. The number of ether oxygens (including phenoxy) is 1. The predicted octanol–water partition coefficient (Wildman–Crippen LogP) is 4.61. The first-order valence-electron chi connectivity index (χ1n) is 19.5. The van der Waals surface area contributed by atoms with Gasteiger partial charge in [0.05, 0.1) is 16.2 Å². The van der Waals surface area contributed by atoms with E-state index in [-0.39, 0.29) is 49.9 Å². The molecule has 14 nitrogen and oxygen atoms in total. The topological polar surface area (TPSA) is 184 Å². The Balaban J connectivity index is 1.17. The van der Waals surface area contributed by atoms with E-state index in [4.69, 9.17) is 4.74 Å². The highest BCUT2D eigenvalue weighted by Gasteiger charge is 2.64. The van der Waals surface area contributed by atoms with Gasteiger partial charge in [0, 0.05) is 47.6 Å². The number of likely N-dealkylation sites (tertiary alicyclic amines) is 1. The molecule has 56 heavy (non-hydrogen) atoms. The minimum absolute atomic E-state index is 0.141. The minimum Gasteiger partial charge on any atom is -0.449 e. The summed E-state index contributed by atoms with van der Waals surface area (Å²) in [4.78, 5) is 80.1. The number of amides is 5. The fourth-order valence-corrected chi connectivity index (χ4v) is 11.0. The van der Waals surface area contributed by atoms with E-state index in [9.17, 15) is 32.4 Å². The quantitative estimate of drug-likeness (QED) is 0.336. The number of carbonyl (C=O) groups is 5. The molecule has 4 fully saturated rings. The van der Waals surface area contributed by atoms with Crippen molar-refractivity contribution in [1.82, 2.24) is 30.1 Å². The first-order chi connectivity index (χ1) is 26.4. The molecule has 3 aliphatic heterocycles. The van der Waals surface area contributed by atoms with Crippen molar-refractivity contribution in [2.24, 2.45) is 23.2 Å². The molecule has 2 aromatic rings. The van der Waals surface area contributed by atoms with Crippen molar-refractivity contribution in [1.29, 1.82) is 0 Å². The van der Waals surface area contributed by atoms with Crippen LogP contribution in [0.15, 0.2) is 29.7 Å². The Bertz CT molecular complexity index is 2030. The fourth-order valence-electron chi connectivity index (χ4n) is 8.00. The Hall–Kier alpha value is -3.83. The Morgan fingerprint density at radius 1 is 1.09 bits per heavy atom. The highest BCUT2D eigenvalue weighted by atomic mass is 32.2. The Kier molecular flexibility index (Phi) is 10.9. The third-order valence-electron chi connectivity index (χ3n) is 11.7.